The van der Waals surface area contributed by atoms with Crippen molar-refractivity contribution in [3.8, 4) is 11.4 Å². The fraction of sp³-hybridized carbons (Fsp3) is 0.345. The third-order valence-corrected chi connectivity index (χ3v) is 7.53. The number of carbonyl (C=O) groups excluding carboxylic acids is 4. The second kappa shape index (κ2) is 11.4. The van der Waals surface area contributed by atoms with Crippen LogP contribution in [0.3, 0.4) is 0 Å². The second-order valence-corrected chi connectivity index (χ2v) is 10.4. The summed E-state index contributed by atoms with van der Waals surface area (Å²) in [5.41, 5.74) is -1.01. The number of carbonyl (C=O) groups is 4. The molecule has 0 radical (unpaired) electrons. The number of hydrogen-bond donors (Lipinski definition) is 0. The molecule has 1 aromatic heterocycles. The maximum atomic E-state index is 14.2. The molecule has 3 aromatic rings. The number of nitrogens with zero attached hydrogens (tertiary/aromatic N) is 6. The molecule has 0 saturated carbocycles. The number of halogens is 3. The van der Waals surface area contributed by atoms with E-state index < -0.39 is 23.7 Å². The molecule has 1 fully saturated rings. The van der Waals surface area contributed by atoms with E-state index in [4.69, 9.17) is 4.74 Å². The highest BCUT2D eigenvalue weighted by atomic mass is 19.4. The van der Waals surface area contributed by atoms with E-state index in [9.17, 15) is 32.3 Å². The second-order valence-electron chi connectivity index (χ2n) is 10.4. The van der Waals surface area contributed by atoms with Crippen LogP contribution in [-0.2, 0) is 17.4 Å². The molecular weight excluding hydrogens is 569 g/mol. The van der Waals surface area contributed by atoms with E-state index in [1.165, 1.54) is 44.9 Å². The van der Waals surface area contributed by atoms with Crippen LogP contribution in [-0.4, -0.2) is 103 Å². The topological polar surface area (TPSA) is 108 Å². The molecule has 0 N–H and O–H groups in total. The average molecular weight is 599 g/mol. The highest BCUT2D eigenvalue weighted by molar-refractivity contribution is 6.08. The largest absolute Gasteiger partial charge is 0.497 e. The van der Waals surface area contributed by atoms with Crippen LogP contribution in [0.1, 0.15) is 42.5 Å². The van der Waals surface area contributed by atoms with Crippen molar-refractivity contribution < 1.29 is 37.1 Å². The van der Waals surface area contributed by atoms with Gasteiger partial charge in [0.15, 0.2) is 5.69 Å². The number of benzene rings is 2. The van der Waals surface area contributed by atoms with Crippen LogP contribution >= 0.6 is 0 Å². The van der Waals surface area contributed by atoms with Crippen LogP contribution in [0.15, 0.2) is 42.5 Å². The van der Waals surface area contributed by atoms with Gasteiger partial charge in [-0.25, -0.2) is 4.68 Å². The van der Waals surface area contributed by atoms with Crippen LogP contribution in [0.25, 0.3) is 5.69 Å². The molecular formula is C29H29F3N6O5. The lowest BCUT2D eigenvalue weighted by Crippen LogP contribution is -2.48. The molecule has 43 heavy (non-hydrogen) atoms. The minimum absolute atomic E-state index is 0.00518. The minimum Gasteiger partial charge on any atom is -0.497 e. The Hall–Kier alpha value is -4.88. The summed E-state index contributed by atoms with van der Waals surface area (Å²) in [7, 11) is 4.60. The van der Waals surface area contributed by atoms with Gasteiger partial charge in [0.05, 0.1) is 18.4 Å². The summed E-state index contributed by atoms with van der Waals surface area (Å²) in [6, 6.07) is 10.5. The number of fused-ring (bicyclic) bond motifs is 1. The van der Waals surface area contributed by atoms with Gasteiger partial charge >= 0.3 is 6.18 Å². The molecule has 2 aromatic carbocycles. The number of aromatic nitrogens is 2. The van der Waals surface area contributed by atoms with Gasteiger partial charge in [-0.15, -0.1) is 0 Å². The standard InChI is InChI=1S/C29H29F3N6O5/c1-34(2)26(40)18-4-6-19(7-5-18)37-11-10-21-24(28(37)42)38(33-25(21)29(30,31)32)23-9-8-20(43-3)16-22(23)27(41)36-14-12-35(17-39)13-15-36/h4-9,16-17H,10-15H2,1-3H3. The van der Waals surface area contributed by atoms with Crippen molar-refractivity contribution in [2.75, 3.05) is 58.8 Å². The Bertz CT molecular complexity index is 1580. The number of methoxy groups -OCH3 is 1. The first-order chi connectivity index (χ1) is 20.4. The summed E-state index contributed by atoms with van der Waals surface area (Å²) < 4.78 is 48.8. The smallest absolute Gasteiger partial charge is 0.435 e. The zero-order chi connectivity index (χ0) is 31.1. The van der Waals surface area contributed by atoms with E-state index in [0.717, 1.165) is 4.68 Å². The number of alkyl halides is 3. The highest BCUT2D eigenvalue weighted by Gasteiger charge is 2.44. The lowest BCUT2D eigenvalue weighted by Gasteiger charge is -2.33. The molecule has 5 rings (SSSR count). The summed E-state index contributed by atoms with van der Waals surface area (Å²) in [6.45, 7) is 1.00. The lowest BCUT2D eigenvalue weighted by molar-refractivity contribution is -0.142. The summed E-state index contributed by atoms with van der Waals surface area (Å²) in [4.78, 5) is 56.8. The maximum Gasteiger partial charge on any atom is 0.435 e. The van der Waals surface area contributed by atoms with Crippen LogP contribution in [0.4, 0.5) is 18.9 Å². The van der Waals surface area contributed by atoms with E-state index in [1.54, 1.807) is 38.4 Å². The molecule has 11 nitrogen and oxygen atoms in total. The normalized spacial score (nSPS) is 15.3. The third kappa shape index (κ3) is 5.51. The first-order valence-electron chi connectivity index (χ1n) is 13.4. The lowest BCUT2D eigenvalue weighted by atomic mass is 10.0. The van der Waals surface area contributed by atoms with Gasteiger partial charge in [-0.1, -0.05) is 0 Å². The number of hydrogen-bond acceptors (Lipinski definition) is 6. The van der Waals surface area contributed by atoms with Crippen molar-refractivity contribution >= 4 is 29.8 Å². The Morgan fingerprint density at radius 1 is 1.00 bits per heavy atom. The summed E-state index contributed by atoms with van der Waals surface area (Å²) in [6.07, 6.45) is -4.30. The van der Waals surface area contributed by atoms with Gasteiger partial charge in [-0.3, -0.25) is 19.2 Å². The molecule has 14 heteroatoms. The highest BCUT2D eigenvalue weighted by Crippen LogP contribution is 2.38. The Labute approximate surface area is 245 Å². The number of anilines is 1. The van der Waals surface area contributed by atoms with Crippen molar-refractivity contribution in [1.29, 1.82) is 0 Å². The Balaban J connectivity index is 1.59. The van der Waals surface area contributed by atoms with Gasteiger partial charge < -0.3 is 24.3 Å². The van der Waals surface area contributed by atoms with E-state index in [-0.39, 0.29) is 60.2 Å². The predicted octanol–water partition coefficient (Wildman–Crippen LogP) is 2.72. The van der Waals surface area contributed by atoms with Gasteiger partial charge in [0.25, 0.3) is 17.7 Å². The van der Waals surface area contributed by atoms with E-state index in [0.29, 0.717) is 30.8 Å². The fourth-order valence-electron chi connectivity index (χ4n) is 5.25. The van der Waals surface area contributed by atoms with Crippen LogP contribution in [0, 0.1) is 0 Å². The molecule has 3 heterocycles. The number of ether oxygens (including phenoxy) is 1. The summed E-state index contributed by atoms with van der Waals surface area (Å²) >= 11 is 0. The van der Waals surface area contributed by atoms with Gasteiger partial charge in [0.1, 0.15) is 11.4 Å². The van der Waals surface area contributed by atoms with E-state index in [2.05, 4.69) is 5.10 Å². The molecule has 1 saturated heterocycles. The van der Waals surface area contributed by atoms with Crippen LogP contribution in [0.2, 0.25) is 0 Å². The Morgan fingerprint density at radius 3 is 2.26 bits per heavy atom. The number of piperazine rings is 1. The van der Waals surface area contributed by atoms with Crippen molar-refractivity contribution in [3.05, 3.63) is 70.5 Å². The first kappa shape index (κ1) is 29.6. The van der Waals surface area contributed by atoms with Gasteiger partial charge in [0.2, 0.25) is 6.41 Å². The van der Waals surface area contributed by atoms with Crippen molar-refractivity contribution in [2.24, 2.45) is 0 Å². The maximum absolute atomic E-state index is 14.2. The molecule has 0 atom stereocenters. The Morgan fingerprint density at radius 2 is 1.67 bits per heavy atom. The zero-order valence-electron chi connectivity index (χ0n) is 23.7. The van der Waals surface area contributed by atoms with Gasteiger partial charge in [-0.2, -0.15) is 18.3 Å². The van der Waals surface area contributed by atoms with Crippen molar-refractivity contribution in [1.82, 2.24) is 24.5 Å². The molecule has 2 aliphatic rings. The fourth-order valence-corrected chi connectivity index (χ4v) is 5.25. The van der Waals surface area contributed by atoms with Crippen LogP contribution in [0.5, 0.6) is 5.75 Å². The van der Waals surface area contributed by atoms with Crippen LogP contribution < -0.4 is 9.64 Å². The summed E-state index contributed by atoms with van der Waals surface area (Å²) in [5.74, 6) is -1.18. The molecule has 0 spiro atoms. The molecule has 2 aliphatic heterocycles. The third-order valence-electron chi connectivity index (χ3n) is 7.53. The van der Waals surface area contributed by atoms with Gasteiger partial charge in [-0.05, 0) is 48.9 Å². The SMILES string of the molecule is COc1ccc(-n2nc(C(F)(F)F)c3c2C(=O)N(c2ccc(C(=O)N(C)C)cc2)CC3)c(C(=O)N2CCN(C=O)CC2)c1. The number of rotatable bonds is 6. The average Bonchev–Trinajstić information content (AvgIpc) is 3.41. The summed E-state index contributed by atoms with van der Waals surface area (Å²) in [5, 5.41) is 3.87. The molecule has 0 aliphatic carbocycles. The Kier molecular flexibility index (Phi) is 7.86. The quantitative estimate of drug-likeness (QED) is 0.404. The molecule has 0 unspecified atom stereocenters. The van der Waals surface area contributed by atoms with E-state index in [1.807, 2.05) is 0 Å². The predicted molar refractivity (Wildman–Crippen MR) is 148 cm³/mol. The zero-order valence-corrected chi connectivity index (χ0v) is 23.7. The number of amides is 4. The van der Waals surface area contributed by atoms with E-state index >= 15 is 0 Å². The first-order valence-corrected chi connectivity index (χ1v) is 13.4. The van der Waals surface area contributed by atoms with Crippen molar-refractivity contribution in [2.45, 2.75) is 12.6 Å². The minimum atomic E-state index is -4.85. The van der Waals surface area contributed by atoms with Crippen molar-refractivity contribution in [3.63, 3.8) is 0 Å². The molecule has 226 valence electrons. The van der Waals surface area contributed by atoms with Gasteiger partial charge in [0, 0.05) is 63.6 Å². The molecule has 4 amide bonds. The molecule has 0 bridgehead atoms. The monoisotopic (exact) mass is 598 g/mol.